The first-order valence-electron chi connectivity index (χ1n) is 16.8. The highest BCUT2D eigenvalue weighted by atomic mass is 19.1. The van der Waals surface area contributed by atoms with Crippen LogP contribution in [0.15, 0.2) is 71.7 Å². The summed E-state index contributed by atoms with van der Waals surface area (Å²) in [5.41, 5.74) is 3.62. The minimum absolute atomic E-state index is 0.0680. The molecule has 0 saturated heterocycles. The molecule has 4 aromatic rings. The Bertz CT molecular complexity index is 1670. The summed E-state index contributed by atoms with van der Waals surface area (Å²) >= 11 is 0. The summed E-state index contributed by atoms with van der Waals surface area (Å²) in [6, 6.07) is 17.2. The molecule has 0 aliphatic rings. The van der Waals surface area contributed by atoms with Crippen LogP contribution >= 0.6 is 0 Å². The number of carbonyl (C=O) groups is 1. The molecule has 1 unspecified atom stereocenters. The molecule has 2 aromatic heterocycles. The van der Waals surface area contributed by atoms with Gasteiger partial charge in [-0.05, 0) is 63.4 Å². The second-order valence-electron chi connectivity index (χ2n) is 12.3. The molecule has 0 bridgehead atoms. The maximum atomic E-state index is 14.8. The van der Waals surface area contributed by atoms with Crippen LogP contribution in [0, 0.1) is 12.7 Å². The van der Waals surface area contributed by atoms with E-state index in [0.29, 0.717) is 11.4 Å². The molecule has 48 heavy (non-hydrogen) atoms. The second-order valence-corrected chi connectivity index (χ2v) is 12.3. The normalized spacial score (nSPS) is 11.7. The molecule has 2 heterocycles. The van der Waals surface area contributed by atoms with Crippen LogP contribution in [0.2, 0.25) is 0 Å². The molecular formula is C37H49FN6O4. The minimum atomic E-state index is -0.656. The molecule has 0 aliphatic heterocycles. The summed E-state index contributed by atoms with van der Waals surface area (Å²) < 4.78 is 24.2. The third-order valence-corrected chi connectivity index (χ3v) is 8.37. The van der Waals surface area contributed by atoms with Crippen LogP contribution in [0.3, 0.4) is 0 Å². The first-order chi connectivity index (χ1) is 23.1. The lowest BCUT2D eigenvalue weighted by Gasteiger charge is -2.19. The number of likely N-dealkylation sites (N-methyl/N-ethyl adjacent to an activating group) is 1. The quantitative estimate of drug-likeness (QED) is 0.0957. The Morgan fingerprint density at radius 3 is 2.38 bits per heavy atom. The number of urea groups is 1. The number of para-hydroxylation sites is 1. The number of hydrogen-bond acceptors (Lipinski definition) is 6. The van der Waals surface area contributed by atoms with Gasteiger partial charge in [0.25, 0.3) is 5.56 Å². The maximum Gasteiger partial charge on any atom is 0.322 e. The lowest BCUT2D eigenvalue weighted by atomic mass is 10.0. The number of rotatable bonds is 18. The zero-order valence-electron chi connectivity index (χ0n) is 28.5. The van der Waals surface area contributed by atoms with E-state index in [4.69, 9.17) is 4.74 Å². The summed E-state index contributed by atoms with van der Waals surface area (Å²) in [4.78, 5) is 30.8. The van der Waals surface area contributed by atoms with E-state index in [2.05, 4.69) is 15.6 Å². The number of aliphatic hydroxyl groups is 1. The molecule has 2 amide bonds. The molecule has 11 heteroatoms. The van der Waals surface area contributed by atoms with E-state index < -0.39 is 18.0 Å². The third-order valence-electron chi connectivity index (χ3n) is 8.37. The van der Waals surface area contributed by atoms with E-state index in [-0.39, 0.29) is 23.7 Å². The number of hydrogen-bond donors (Lipinski definition) is 3. The molecule has 1 atom stereocenters. The molecular weight excluding hydrogens is 611 g/mol. The van der Waals surface area contributed by atoms with Gasteiger partial charge in [0.2, 0.25) is 0 Å². The number of aliphatic hydroxyl groups excluding tert-OH is 1. The minimum Gasteiger partial charge on any atom is -0.454 e. The van der Waals surface area contributed by atoms with Gasteiger partial charge in [0.05, 0.1) is 11.8 Å². The van der Waals surface area contributed by atoms with E-state index in [0.717, 1.165) is 62.0 Å². The van der Waals surface area contributed by atoms with Crippen LogP contribution < -0.4 is 20.9 Å². The van der Waals surface area contributed by atoms with Crippen molar-refractivity contribution in [2.75, 3.05) is 30.8 Å². The van der Waals surface area contributed by atoms with Crippen molar-refractivity contribution >= 4 is 17.5 Å². The summed E-state index contributed by atoms with van der Waals surface area (Å²) in [5.74, 6) is 0.155. The zero-order chi connectivity index (χ0) is 34.5. The average Bonchev–Trinajstić information content (AvgIpc) is 3.27. The molecule has 3 N–H and O–H groups in total. The highest BCUT2D eigenvalue weighted by Crippen LogP contribution is 2.28. The topological polar surface area (TPSA) is 114 Å². The van der Waals surface area contributed by atoms with Crippen LogP contribution in [0.5, 0.6) is 11.5 Å². The molecule has 0 aliphatic carbocycles. The van der Waals surface area contributed by atoms with Crippen molar-refractivity contribution < 1.29 is 19.0 Å². The molecule has 258 valence electrons. The number of halogens is 1. The van der Waals surface area contributed by atoms with Crippen molar-refractivity contribution in [3.63, 3.8) is 0 Å². The van der Waals surface area contributed by atoms with Crippen LogP contribution in [0.4, 0.5) is 20.7 Å². The number of aromatic nitrogens is 3. The number of nitrogens with one attached hydrogen (secondary N) is 2. The predicted octanol–water partition coefficient (Wildman–Crippen LogP) is 7.43. The SMILES string of the molecule is Cc1c(CCCCCCCCCCNc2ccc(Oc3ccnc(NC(=O)N(C)CC(C)O)c3)c(F)c2)c(=O)n(-c2ccccc2)n1C. The number of nitrogens with zero attached hydrogens (tertiary/aromatic N) is 4. The van der Waals surface area contributed by atoms with E-state index in [1.54, 1.807) is 36.9 Å². The molecule has 0 radical (unpaired) electrons. The molecule has 10 nitrogen and oxygen atoms in total. The standard InChI is InChI=1S/C37H49FN6O4/c1-27(45)26-42(3)37(47)41-35-25-31(21-23-40-35)48-34-20-19-29(24-33(34)38)39-22-15-10-8-6-5-7-9-14-18-32-28(2)43(4)44(36(32)46)30-16-12-11-13-17-30/h11-13,16-17,19-21,23-25,27,39,45H,5-10,14-15,18,22,26H2,1-4H3,(H,40,41,47). The van der Waals surface area contributed by atoms with Gasteiger partial charge >= 0.3 is 6.03 Å². The first kappa shape index (κ1) is 36.2. The largest absolute Gasteiger partial charge is 0.454 e. The van der Waals surface area contributed by atoms with Crippen LogP contribution in [-0.4, -0.2) is 56.6 Å². The van der Waals surface area contributed by atoms with Gasteiger partial charge < -0.3 is 20.1 Å². The van der Waals surface area contributed by atoms with Crippen molar-refractivity contribution in [3.8, 4) is 17.2 Å². The summed E-state index contributed by atoms with van der Waals surface area (Å²) in [6.45, 7) is 4.55. The highest BCUT2D eigenvalue weighted by molar-refractivity contribution is 5.88. The van der Waals surface area contributed by atoms with E-state index >= 15 is 0 Å². The number of amides is 2. The van der Waals surface area contributed by atoms with Crippen molar-refractivity contribution in [1.29, 1.82) is 0 Å². The summed E-state index contributed by atoms with van der Waals surface area (Å²) in [5, 5.41) is 15.4. The number of unbranched alkanes of at least 4 members (excludes halogenated alkanes) is 7. The van der Waals surface area contributed by atoms with Gasteiger partial charge in [0.15, 0.2) is 11.6 Å². The van der Waals surface area contributed by atoms with E-state index in [1.807, 2.05) is 49.0 Å². The van der Waals surface area contributed by atoms with Crippen LogP contribution in [-0.2, 0) is 13.5 Å². The number of ether oxygens (including phenoxy) is 1. The number of benzene rings is 2. The van der Waals surface area contributed by atoms with Crippen molar-refractivity contribution in [2.24, 2.45) is 7.05 Å². The fourth-order valence-electron chi connectivity index (χ4n) is 5.68. The van der Waals surface area contributed by atoms with Crippen molar-refractivity contribution in [1.82, 2.24) is 19.2 Å². The lowest BCUT2D eigenvalue weighted by Crippen LogP contribution is -2.36. The van der Waals surface area contributed by atoms with Crippen LogP contribution in [0.1, 0.15) is 69.5 Å². The Labute approximate surface area is 282 Å². The van der Waals surface area contributed by atoms with Gasteiger partial charge in [-0.3, -0.25) is 14.8 Å². The van der Waals surface area contributed by atoms with E-state index in [1.165, 1.54) is 42.5 Å². The molecule has 2 aromatic carbocycles. The Balaban J connectivity index is 1.09. The van der Waals surface area contributed by atoms with Gasteiger partial charge in [0, 0.05) is 62.5 Å². The number of pyridine rings is 1. The summed E-state index contributed by atoms with van der Waals surface area (Å²) in [7, 11) is 3.51. The van der Waals surface area contributed by atoms with Gasteiger partial charge in [-0.15, -0.1) is 0 Å². The Kier molecular flexibility index (Phi) is 13.6. The molecule has 0 saturated carbocycles. The third kappa shape index (κ3) is 10.4. The smallest absolute Gasteiger partial charge is 0.322 e. The lowest BCUT2D eigenvalue weighted by molar-refractivity contribution is 0.149. The van der Waals surface area contributed by atoms with Gasteiger partial charge in [-0.25, -0.2) is 18.9 Å². The number of anilines is 2. The molecule has 0 fully saturated rings. The monoisotopic (exact) mass is 660 g/mol. The van der Waals surface area contributed by atoms with Gasteiger partial charge in [0.1, 0.15) is 11.6 Å². The second kappa shape index (κ2) is 18.1. The fourth-order valence-corrected chi connectivity index (χ4v) is 5.68. The Hall–Kier alpha value is -4.64. The van der Waals surface area contributed by atoms with Gasteiger partial charge in [-0.1, -0.05) is 56.7 Å². The highest BCUT2D eigenvalue weighted by Gasteiger charge is 2.16. The molecule has 0 spiro atoms. The summed E-state index contributed by atoms with van der Waals surface area (Å²) in [6.07, 6.45) is 10.6. The van der Waals surface area contributed by atoms with Crippen LogP contribution in [0.25, 0.3) is 5.69 Å². The zero-order valence-corrected chi connectivity index (χ0v) is 28.5. The Morgan fingerprint density at radius 2 is 1.69 bits per heavy atom. The predicted molar refractivity (Wildman–Crippen MR) is 189 cm³/mol. The first-order valence-corrected chi connectivity index (χ1v) is 16.8. The average molecular weight is 661 g/mol. The van der Waals surface area contributed by atoms with Gasteiger partial charge in [-0.2, -0.15) is 0 Å². The van der Waals surface area contributed by atoms with Crippen molar-refractivity contribution in [2.45, 2.75) is 77.7 Å². The molecule has 4 rings (SSSR count). The maximum absolute atomic E-state index is 14.8. The van der Waals surface area contributed by atoms with E-state index in [9.17, 15) is 19.1 Å². The fraction of sp³-hybridized carbons (Fsp3) is 0.432. The number of carbonyl (C=O) groups excluding carboxylic acids is 1. The van der Waals surface area contributed by atoms with Crippen molar-refractivity contribution in [3.05, 3.63) is 94.3 Å². The Morgan fingerprint density at radius 1 is 1.00 bits per heavy atom.